The molecule has 0 saturated heterocycles. The molecule has 0 fully saturated rings. The van der Waals surface area contributed by atoms with E-state index in [1.165, 1.54) is 12.8 Å². The molecule has 0 aliphatic rings. The summed E-state index contributed by atoms with van der Waals surface area (Å²) in [6.45, 7) is 2.25. The van der Waals surface area contributed by atoms with Gasteiger partial charge in [0, 0.05) is 0 Å². The first kappa shape index (κ1) is 5.80. The van der Waals surface area contributed by atoms with Crippen LogP contribution >= 0.6 is 0 Å². The first-order valence-corrected chi connectivity index (χ1v) is 6.45. The molecular weight excluding hydrogens is 167 g/mol. The number of rotatable bonds is 2. The molecule has 0 saturated carbocycles. The zero-order chi connectivity index (χ0) is 4.12. The Morgan fingerprint density at radius 1 is 1.60 bits per heavy atom. The first-order chi connectivity index (χ1) is 2.41. The third kappa shape index (κ3) is 4.80. The Labute approximate surface area is 47.0 Å². The fourth-order valence-electron chi connectivity index (χ4n) is 0.354. The molecule has 0 atom stereocenters. The molecular formula is C4H12Sn. The molecule has 0 aromatic carbocycles. The van der Waals surface area contributed by atoms with E-state index in [0.29, 0.717) is 0 Å². The molecule has 0 spiro atoms. The van der Waals surface area contributed by atoms with Crippen LogP contribution < -0.4 is 0 Å². The Morgan fingerprint density at radius 3 is 2.20 bits per heavy atom. The van der Waals surface area contributed by atoms with Gasteiger partial charge in [-0.05, 0) is 0 Å². The maximum absolute atomic E-state index is 2.25. The van der Waals surface area contributed by atoms with Gasteiger partial charge in [-0.3, -0.25) is 0 Å². The molecule has 0 unspecified atom stereocenters. The second-order valence-electron chi connectivity index (χ2n) is 1.35. The summed E-state index contributed by atoms with van der Waals surface area (Å²) >= 11 is 0.982. The van der Waals surface area contributed by atoms with Crippen LogP contribution in [-0.2, 0) is 0 Å². The minimum atomic E-state index is 0.982. The first-order valence-electron chi connectivity index (χ1n) is 2.41. The van der Waals surface area contributed by atoms with Crippen LogP contribution in [-0.4, -0.2) is 22.5 Å². The van der Waals surface area contributed by atoms with E-state index in [-0.39, 0.29) is 0 Å². The van der Waals surface area contributed by atoms with Gasteiger partial charge in [-0.2, -0.15) is 0 Å². The van der Waals surface area contributed by atoms with Crippen molar-refractivity contribution in [3.63, 3.8) is 0 Å². The van der Waals surface area contributed by atoms with E-state index >= 15 is 0 Å². The summed E-state index contributed by atoms with van der Waals surface area (Å²) in [5.41, 5.74) is 0. The predicted molar refractivity (Wildman–Crippen MR) is 29.7 cm³/mol. The van der Waals surface area contributed by atoms with Crippen molar-refractivity contribution in [2.75, 3.05) is 0 Å². The second-order valence-corrected chi connectivity index (χ2v) is 4.21. The fraction of sp³-hybridized carbons (Fsp3) is 1.00. The van der Waals surface area contributed by atoms with Crippen LogP contribution in [0.25, 0.3) is 0 Å². The SMILES string of the molecule is CCC[CH2][SnH3]. The number of hydrogen-bond donors (Lipinski definition) is 0. The number of unbranched alkanes of at least 4 members (excludes halogenated alkanes) is 1. The molecule has 0 aliphatic carbocycles. The van der Waals surface area contributed by atoms with Crippen molar-refractivity contribution in [1.82, 2.24) is 0 Å². The van der Waals surface area contributed by atoms with Crippen LogP contribution in [0.5, 0.6) is 0 Å². The summed E-state index contributed by atoms with van der Waals surface area (Å²) in [4.78, 5) is 0. The summed E-state index contributed by atoms with van der Waals surface area (Å²) in [7, 11) is 0. The summed E-state index contributed by atoms with van der Waals surface area (Å²) in [5.74, 6) is 0. The molecule has 0 aromatic rings. The predicted octanol–water partition coefficient (Wildman–Crippen LogP) is 0.570. The van der Waals surface area contributed by atoms with Gasteiger partial charge >= 0.3 is 46.7 Å². The average molecular weight is 179 g/mol. The fourth-order valence-corrected chi connectivity index (χ4v) is 2.37. The molecule has 5 heavy (non-hydrogen) atoms. The molecule has 32 valence electrons. The Kier molecular flexibility index (Phi) is 5.57. The van der Waals surface area contributed by atoms with Crippen molar-refractivity contribution in [1.29, 1.82) is 0 Å². The minimum absolute atomic E-state index is 0.982. The van der Waals surface area contributed by atoms with E-state index in [4.69, 9.17) is 0 Å². The quantitative estimate of drug-likeness (QED) is 0.543. The molecule has 1 heteroatoms. The molecule has 0 amide bonds. The second kappa shape index (κ2) is 4.80. The van der Waals surface area contributed by atoms with Crippen molar-refractivity contribution in [2.24, 2.45) is 0 Å². The zero-order valence-corrected chi connectivity index (χ0v) is 9.83. The molecule has 0 radical (unpaired) electrons. The molecule has 0 rings (SSSR count). The van der Waals surface area contributed by atoms with Gasteiger partial charge in [0.2, 0.25) is 0 Å². The van der Waals surface area contributed by atoms with Gasteiger partial charge in [0.1, 0.15) is 0 Å². The van der Waals surface area contributed by atoms with Gasteiger partial charge < -0.3 is 0 Å². The van der Waals surface area contributed by atoms with Gasteiger partial charge in [-0.1, -0.05) is 0 Å². The standard InChI is InChI=1S/C4H9.Sn.3H/c1-3-4-2;;;;/h1,3-4H2,2H3;;;;. The van der Waals surface area contributed by atoms with Crippen LogP contribution in [0, 0.1) is 0 Å². The summed E-state index contributed by atoms with van der Waals surface area (Å²) in [6.07, 6.45) is 2.88. The van der Waals surface area contributed by atoms with Gasteiger partial charge in [0.05, 0.1) is 0 Å². The Morgan fingerprint density at radius 2 is 2.20 bits per heavy atom. The van der Waals surface area contributed by atoms with Gasteiger partial charge in [0.15, 0.2) is 0 Å². The van der Waals surface area contributed by atoms with Gasteiger partial charge in [0.25, 0.3) is 0 Å². The van der Waals surface area contributed by atoms with Gasteiger partial charge in [-0.15, -0.1) is 0 Å². The van der Waals surface area contributed by atoms with E-state index in [1.54, 1.807) is 4.44 Å². The molecule has 0 nitrogen and oxygen atoms in total. The summed E-state index contributed by atoms with van der Waals surface area (Å²) < 4.78 is 1.55. The van der Waals surface area contributed by atoms with Crippen LogP contribution in [0.3, 0.4) is 0 Å². The molecule has 0 aliphatic heterocycles. The normalized spacial score (nSPS) is 9.00. The van der Waals surface area contributed by atoms with Crippen LogP contribution in [0.2, 0.25) is 4.44 Å². The van der Waals surface area contributed by atoms with Crippen LogP contribution in [0.15, 0.2) is 0 Å². The Hall–Kier alpha value is 0.799. The van der Waals surface area contributed by atoms with Crippen LogP contribution in [0.1, 0.15) is 19.8 Å². The third-order valence-electron chi connectivity index (χ3n) is 0.707. The number of hydrogen-bond acceptors (Lipinski definition) is 0. The average Bonchev–Trinajstić information content (AvgIpc) is 1.41. The van der Waals surface area contributed by atoms with Gasteiger partial charge in [-0.25, -0.2) is 0 Å². The van der Waals surface area contributed by atoms with E-state index in [2.05, 4.69) is 6.92 Å². The molecule has 0 aromatic heterocycles. The van der Waals surface area contributed by atoms with Crippen molar-refractivity contribution >= 4 is 22.5 Å². The van der Waals surface area contributed by atoms with E-state index in [1.807, 2.05) is 0 Å². The van der Waals surface area contributed by atoms with Crippen molar-refractivity contribution < 1.29 is 0 Å². The monoisotopic (exact) mass is 180 g/mol. The van der Waals surface area contributed by atoms with Crippen LogP contribution in [0.4, 0.5) is 0 Å². The molecule has 0 heterocycles. The topological polar surface area (TPSA) is 0 Å². The van der Waals surface area contributed by atoms with E-state index in [9.17, 15) is 0 Å². The van der Waals surface area contributed by atoms with Crippen molar-refractivity contribution in [3.05, 3.63) is 0 Å². The maximum atomic E-state index is 2.25. The van der Waals surface area contributed by atoms with Crippen molar-refractivity contribution in [2.45, 2.75) is 24.2 Å². The molecule has 0 bridgehead atoms. The summed E-state index contributed by atoms with van der Waals surface area (Å²) in [6, 6.07) is 0. The zero-order valence-electron chi connectivity index (χ0n) is 4.12. The third-order valence-corrected chi connectivity index (χ3v) is 2.73. The molecule has 0 N–H and O–H groups in total. The summed E-state index contributed by atoms with van der Waals surface area (Å²) in [5, 5.41) is 0. The Balaban J connectivity index is 2.19. The Bertz CT molecular complexity index is 11.1. The van der Waals surface area contributed by atoms with E-state index < -0.39 is 0 Å². The van der Waals surface area contributed by atoms with E-state index in [0.717, 1.165) is 22.5 Å². The van der Waals surface area contributed by atoms with Crippen molar-refractivity contribution in [3.8, 4) is 0 Å².